The number of anilines is 2. The molecule has 3 heteroatoms. The Labute approximate surface area is 118 Å². The fourth-order valence-electron chi connectivity index (χ4n) is 2.32. The van der Waals surface area contributed by atoms with E-state index in [0.29, 0.717) is 0 Å². The first-order chi connectivity index (χ1) is 9.76. The Morgan fingerprint density at radius 1 is 1.05 bits per heavy atom. The van der Waals surface area contributed by atoms with Crippen LogP contribution in [0.4, 0.5) is 11.5 Å². The van der Waals surface area contributed by atoms with Crippen LogP contribution >= 0.6 is 0 Å². The van der Waals surface area contributed by atoms with Crippen LogP contribution in [0.15, 0.2) is 48.9 Å². The van der Waals surface area contributed by atoms with Crippen molar-refractivity contribution in [3.63, 3.8) is 0 Å². The third kappa shape index (κ3) is 2.48. The average molecular weight is 263 g/mol. The van der Waals surface area contributed by atoms with E-state index < -0.39 is 0 Å². The van der Waals surface area contributed by atoms with Gasteiger partial charge in [0.15, 0.2) is 0 Å². The molecule has 3 rings (SSSR count). The number of nitrogens with one attached hydrogen (secondary N) is 1. The van der Waals surface area contributed by atoms with E-state index >= 15 is 0 Å². The highest BCUT2D eigenvalue weighted by molar-refractivity contribution is 5.85. The summed E-state index contributed by atoms with van der Waals surface area (Å²) >= 11 is 0. The third-order valence-corrected chi connectivity index (χ3v) is 3.51. The number of rotatable bonds is 3. The second-order valence-electron chi connectivity index (χ2n) is 4.91. The summed E-state index contributed by atoms with van der Waals surface area (Å²) in [5.41, 5.74) is 3.61. The molecule has 0 fully saturated rings. The Kier molecular flexibility index (Phi) is 3.33. The summed E-state index contributed by atoms with van der Waals surface area (Å²) in [5.74, 6) is 0.890. The summed E-state index contributed by atoms with van der Waals surface area (Å²) in [4.78, 5) is 8.56. The molecule has 0 aliphatic rings. The third-order valence-electron chi connectivity index (χ3n) is 3.51. The normalized spacial score (nSPS) is 10.7. The zero-order valence-electron chi connectivity index (χ0n) is 11.7. The first kappa shape index (κ1) is 12.6. The van der Waals surface area contributed by atoms with Crippen molar-refractivity contribution in [3.8, 4) is 0 Å². The molecule has 100 valence electrons. The van der Waals surface area contributed by atoms with Crippen LogP contribution < -0.4 is 5.32 Å². The largest absolute Gasteiger partial charge is 0.340 e. The summed E-state index contributed by atoms with van der Waals surface area (Å²) in [7, 11) is 0. The molecule has 0 bridgehead atoms. The van der Waals surface area contributed by atoms with E-state index in [1.165, 1.54) is 16.5 Å². The van der Waals surface area contributed by atoms with E-state index in [1.807, 2.05) is 24.7 Å². The molecule has 0 unspecified atom stereocenters. The molecule has 20 heavy (non-hydrogen) atoms. The fraction of sp³-hybridized carbons (Fsp3) is 0.176. The van der Waals surface area contributed by atoms with E-state index in [-0.39, 0.29) is 0 Å². The Bertz CT molecular complexity index is 750. The zero-order chi connectivity index (χ0) is 13.9. The van der Waals surface area contributed by atoms with E-state index in [0.717, 1.165) is 23.3 Å². The van der Waals surface area contributed by atoms with Gasteiger partial charge in [-0.1, -0.05) is 13.0 Å². The minimum atomic E-state index is 0.890. The predicted octanol–water partition coefficient (Wildman–Crippen LogP) is 4.24. The van der Waals surface area contributed by atoms with Crippen LogP contribution in [0.3, 0.4) is 0 Å². The highest BCUT2D eigenvalue weighted by Crippen LogP contribution is 2.22. The minimum absolute atomic E-state index is 0.890. The van der Waals surface area contributed by atoms with Crippen molar-refractivity contribution in [2.45, 2.75) is 20.3 Å². The van der Waals surface area contributed by atoms with Gasteiger partial charge in [-0.3, -0.25) is 4.98 Å². The number of nitrogens with zero attached hydrogens (tertiary/aromatic N) is 2. The summed E-state index contributed by atoms with van der Waals surface area (Å²) in [6, 6.07) is 10.4. The topological polar surface area (TPSA) is 37.8 Å². The van der Waals surface area contributed by atoms with Gasteiger partial charge in [-0.2, -0.15) is 0 Å². The van der Waals surface area contributed by atoms with Crippen molar-refractivity contribution in [3.05, 3.63) is 60.0 Å². The molecule has 2 aromatic heterocycles. The van der Waals surface area contributed by atoms with Crippen LogP contribution in [0.5, 0.6) is 0 Å². The van der Waals surface area contributed by atoms with Gasteiger partial charge >= 0.3 is 0 Å². The first-order valence-corrected chi connectivity index (χ1v) is 6.82. The summed E-state index contributed by atoms with van der Waals surface area (Å²) < 4.78 is 0. The van der Waals surface area contributed by atoms with Gasteiger partial charge in [-0.15, -0.1) is 0 Å². The first-order valence-electron chi connectivity index (χ1n) is 6.82. The Morgan fingerprint density at radius 3 is 2.80 bits per heavy atom. The maximum absolute atomic E-state index is 4.44. The standard InChI is InChI=1S/C17H17N3/c1-3-13-9-17(19-10-12(13)2)20-16-5-4-15-11-18-7-6-14(15)8-16/h4-11H,3H2,1-2H3,(H,19,20). The van der Waals surface area contributed by atoms with Crippen LogP contribution in [0, 0.1) is 6.92 Å². The highest BCUT2D eigenvalue weighted by Gasteiger charge is 2.02. The fourth-order valence-corrected chi connectivity index (χ4v) is 2.32. The molecular formula is C17H17N3. The number of fused-ring (bicyclic) bond motifs is 1. The van der Waals surface area contributed by atoms with Crippen molar-refractivity contribution in [2.75, 3.05) is 5.32 Å². The van der Waals surface area contributed by atoms with E-state index in [2.05, 4.69) is 53.4 Å². The molecule has 0 atom stereocenters. The van der Waals surface area contributed by atoms with Crippen LogP contribution in [0.2, 0.25) is 0 Å². The quantitative estimate of drug-likeness (QED) is 0.768. The lowest BCUT2D eigenvalue weighted by atomic mass is 10.1. The van der Waals surface area contributed by atoms with Crippen molar-refractivity contribution >= 4 is 22.3 Å². The van der Waals surface area contributed by atoms with Gasteiger partial charge in [0.2, 0.25) is 0 Å². The number of aryl methyl sites for hydroxylation is 2. The summed E-state index contributed by atoms with van der Waals surface area (Å²) in [5, 5.41) is 5.68. The van der Waals surface area contributed by atoms with Gasteiger partial charge in [0, 0.05) is 29.7 Å². The summed E-state index contributed by atoms with van der Waals surface area (Å²) in [6.07, 6.45) is 6.63. The monoisotopic (exact) mass is 263 g/mol. The second kappa shape index (κ2) is 5.29. The molecule has 0 saturated carbocycles. The molecule has 0 radical (unpaired) electrons. The molecule has 0 aliphatic heterocycles. The van der Waals surface area contributed by atoms with Crippen molar-refractivity contribution in [2.24, 2.45) is 0 Å². The Hall–Kier alpha value is -2.42. The molecule has 1 aromatic carbocycles. The van der Waals surface area contributed by atoms with Gasteiger partial charge in [0.05, 0.1) is 0 Å². The molecule has 0 spiro atoms. The number of hydrogen-bond acceptors (Lipinski definition) is 3. The van der Waals surface area contributed by atoms with Gasteiger partial charge in [0.1, 0.15) is 5.82 Å². The highest BCUT2D eigenvalue weighted by atomic mass is 15.0. The molecule has 0 amide bonds. The Balaban J connectivity index is 1.92. The second-order valence-corrected chi connectivity index (χ2v) is 4.91. The van der Waals surface area contributed by atoms with Gasteiger partial charge < -0.3 is 5.32 Å². The lowest BCUT2D eigenvalue weighted by Gasteiger charge is -2.09. The van der Waals surface area contributed by atoms with Crippen molar-refractivity contribution in [1.29, 1.82) is 0 Å². The molecule has 3 aromatic rings. The Morgan fingerprint density at radius 2 is 1.95 bits per heavy atom. The van der Waals surface area contributed by atoms with E-state index in [9.17, 15) is 0 Å². The van der Waals surface area contributed by atoms with Crippen molar-refractivity contribution < 1.29 is 0 Å². The summed E-state index contributed by atoms with van der Waals surface area (Å²) in [6.45, 7) is 4.26. The van der Waals surface area contributed by atoms with Crippen LogP contribution in [0.25, 0.3) is 10.8 Å². The lowest BCUT2D eigenvalue weighted by molar-refractivity contribution is 1.08. The molecule has 3 nitrogen and oxygen atoms in total. The van der Waals surface area contributed by atoms with E-state index in [1.54, 1.807) is 0 Å². The predicted molar refractivity (Wildman–Crippen MR) is 83.4 cm³/mol. The minimum Gasteiger partial charge on any atom is -0.340 e. The smallest absolute Gasteiger partial charge is 0.130 e. The maximum Gasteiger partial charge on any atom is 0.130 e. The van der Waals surface area contributed by atoms with Gasteiger partial charge in [-0.05, 0) is 54.1 Å². The molecular weight excluding hydrogens is 246 g/mol. The zero-order valence-corrected chi connectivity index (χ0v) is 11.7. The SMILES string of the molecule is CCc1cc(Nc2ccc3cnccc3c2)ncc1C. The van der Waals surface area contributed by atoms with E-state index in [4.69, 9.17) is 0 Å². The molecule has 1 N–H and O–H groups in total. The molecule has 0 saturated heterocycles. The van der Waals surface area contributed by atoms with Crippen LogP contribution in [-0.4, -0.2) is 9.97 Å². The van der Waals surface area contributed by atoms with Crippen molar-refractivity contribution in [1.82, 2.24) is 9.97 Å². The maximum atomic E-state index is 4.44. The lowest BCUT2D eigenvalue weighted by Crippen LogP contribution is -1.96. The number of benzene rings is 1. The van der Waals surface area contributed by atoms with Gasteiger partial charge in [0.25, 0.3) is 0 Å². The average Bonchev–Trinajstić information content (AvgIpc) is 2.49. The van der Waals surface area contributed by atoms with Gasteiger partial charge in [-0.25, -0.2) is 4.98 Å². The number of pyridine rings is 2. The van der Waals surface area contributed by atoms with Crippen LogP contribution in [0.1, 0.15) is 18.1 Å². The van der Waals surface area contributed by atoms with Crippen LogP contribution in [-0.2, 0) is 6.42 Å². The molecule has 0 aliphatic carbocycles. The number of aromatic nitrogens is 2. The number of hydrogen-bond donors (Lipinski definition) is 1. The molecule has 2 heterocycles.